The first-order valence-electron chi connectivity index (χ1n) is 4.29. The van der Waals surface area contributed by atoms with Crippen molar-refractivity contribution < 1.29 is 10.1 Å². The Hall–Kier alpha value is -0.340. The van der Waals surface area contributed by atoms with Gasteiger partial charge in [0.05, 0.1) is 0 Å². The first-order valence-corrected chi connectivity index (χ1v) is 4.29. The largest absolute Gasteiger partial charge is 0.251 e. The van der Waals surface area contributed by atoms with Crippen molar-refractivity contribution in [1.82, 2.24) is 0 Å². The Morgan fingerprint density at radius 3 is 2.55 bits per heavy atom. The van der Waals surface area contributed by atoms with Gasteiger partial charge < -0.3 is 0 Å². The molecule has 0 aliphatic carbocycles. The molecule has 0 bridgehead atoms. The molecule has 0 aliphatic heterocycles. The molecule has 0 saturated heterocycles. The zero-order chi connectivity index (χ0) is 8.53. The van der Waals surface area contributed by atoms with E-state index in [2.05, 4.69) is 24.8 Å². The number of rotatable bonds is 6. The molecule has 0 fully saturated rings. The summed E-state index contributed by atoms with van der Waals surface area (Å²) in [4.78, 5) is 4.09. The molecule has 0 saturated carbocycles. The predicted octanol–water partition coefficient (Wildman–Crippen LogP) is 3.00. The highest BCUT2D eigenvalue weighted by Gasteiger charge is 1.94. The van der Waals surface area contributed by atoms with Gasteiger partial charge in [-0.15, -0.1) is 0 Å². The van der Waals surface area contributed by atoms with Crippen LogP contribution in [0.3, 0.4) is 0 Å². The Morgan fingerprint density at radius 2 is 2.09 bits per heavy atom. The van der Waals surface area contributed by atoms with E-state index in [1.54, 1.807) is 0 Å². The average molecular weight is 158 g/mol. The molecule has 66 valence electrons. The molecular weight excluding hydrogens is 140 g/mol. The third kappa shape index (κ3) is 6.07. The van der Waals surface area contributed by atoms with Gasteiger partial charge in [-0.3, -0.25) is 5.26 Å². The summed E-state index contributed by atoms with van der Waals surface area (Å²) in [6.07, 6.45) is 6.52. The van der Waals surface area contributed by atoms with Crippen LogP contribution in [-0.2, 0) is 4.89 Å². The molecule has 11 heavy (non-hydrogen) atoms. The second-order valence-electron chi connectivity index (χ2n) is 2.67. The van der Waals surface area contributed by atoms with Crippen molar-refractivity contribution in [2.75, 3.05) is 6.61 Å². The smallest absolute Gasteiger partial charge is 0.103 e. The van der Waals surface area contributed by atoms with Crippen LogP contribution in [0.2, 0.25) is 0 Å². The van der Waals surface area contributed by atoms with Crippen LogP contribution >= 0.6 is 0 Å². The Labute approximate surface area is 68.8 Å². The Kier molecular flexibility index (Phi) is 7.52. The molecule has 0 unspecified atom stereocenters. The van der Waals surface area contributed by atoms with Gasteiger partial charge in [0.1, 0.15) is 6.61 Å². The normalized spacial score (nSPS) is 12.1. The molecule has 0 aromatic rings. The summed E-state index contributed by atoms with van der Waals surface area (Å²) < 4.78 is 0. The summed E-state index contributed by atoms with van der Waals surface area (Å²) in [5, 5.41) is 8.22. The summed E-state index contributed by atoms with van der Waals surface area (Å²) in [5.74, 6) is 0. The van der Waals surface area contributed by atoms with Gasteiger partial charge in [-0.05, 0) is 18.4 Å². The van der Waals surface area contributed by atoms with Gasteiger partial charge in [-0.2, -0.15) is 0 Å². The fraction of sp³-hybridized carbons (Fsp3) is 0.778. The molecular formula is C9H18O2. The molecule has 2 heteroatoms. The third-order valence-electron chi connectivity index (χ3n) is 1.54. The quantitative estimate of drug-likeness (QED) is 0.366. The van der Waals surface area contributed by atoms with E-state index in [1.807, 2.05) is 0 Å². The van der Waals surface area contributed by atoms with Gasteiger partial charge in [-0.25, -0.2) is 4.89 Å². The second kappa shape index (κ2) is 7.76. The minimum absolute atomic E-state index is 0.369. The van der Waals surface area contributed by atoms with Crippen LogP contribution in [0.1, 0.15) is 39.5 Å². The van der Waals surface area contributed by atoms with E-state index in [-0.39, 0.29) is 0 Å². The number of unbranched alkanes of at least 4 members (excludes halogenated alkanes) is 1. The maximum Gasteiger partial charge on any atom is 0.103 e. The van der Waals surface area contributed by atoms with Crippen LogP contribution in [-0.4, -0.2) is 11.9 Å². The molecule has 0 radical (unpaired) electrons. The van der Waals surface area contributed by atoms with Crippen LogP contribution in [0.25, 0.3) is 0 Å². The van der Waals surface area contributed by atoms with Crippen molar-refractivity contribution in [3.63, 3.8) is 0 Å². The van der Waals surface area contributed by atoms with Crippen LogP contribution in [0.15, 0.2) is 11.6 Å². The average Bonchev–Trinajstić information content (AvgIpc) is 2.01. The van der Waals surface area contributed by atoms with Crippen molar-refractivity contribution in [3.05, 3.63) is 11.6 Å². The molecule has 0 aromatic heterocycles. The van der Waals surface area contributed by atoms with Crippen molar-refractivity contribution in [1.29, 1.82) is 0 Å². The highest BCUT2D eigenvalue weighted by Crippen LogP contribution is 2.06. The van der Waals surface area contributed by atoms with Crippen LogP contribution in [0.5, 0.6) is 0 Å². The fourth-order valence-corrected chi connectivity index (χ4v) is 0.986. The van der Waals surface area contributed by atoms with Gasteiger partial charge in [0, 0.05) is 0 Å². The lowest BCUT2D eigenvalue weighted by Crippen LogP contribution is -1.94. The molecule has 0 atom stereocenters. The van der Waals surface area contributed by atoms with Crippen molar-refractivity contribution >= 4 is 0 Å². The Morgan fingerprint density at radius 1 is 1.36 bits per heavy atom. The standard InChI is InChI=1S/C9H18O2/c1-3-5-7-9(6-4-2)8-11-10/h7,10H,3-6,8H2,1-2H3/b9-7-. The SMILES string of the molecule is CCC/C=C(/CCC)COO. The summed E-state index contributed by atoms with van der Waals surface area (Å²) in [5.41, 5.74) is 1.21. The monoisotopic (exact) mass is 158 g/mol. The van der Waals surface area contributed by atoms with Gasteiger partial charge in [-0.1, -0.05) is 32.8 Å². The maximum absolute atomic E-state index is 8.22. The van der Waals surface area contributed by atoms with Gasteiger partial charge in [0.15, 0.2) is 0 Å². The van der Waals surface area contributed by atoms with Crippen LogP contribution in [0, 0.1) is 0 Å². The van der Waals surface area contributed by atoms with Crippen molar-refractivity contribution in [2.24, 2.45) is 0 Å². The lowest BCUT2D eigenvalue weighted by Gasteiger charge is -2.02. The van der Waals surface area contributed by atoms with E-state index in [1.165, 1.54) is 5.57 Å². The zero-order valence-corrected chi connectivity index (χ0v) is 7.47. The molecule has 0 aliphatic rings. The summed E-state index contributed by atoms with van der Waals surface area (Å²) in [6.45, 7) is 4.63. The molecule has 0 amide bonds. The highest BCUT2D eigenvalue weighted by atomic mass is 17.1. The minimum Gasteiger partial charge on any atom is -0.251 e. The summed E-state index contributed by atoms with van der Waals surface area (Å²) in [6, 6.07) is 0. The first kappa shape index (κ1) is 10.7. The molecule has 0 spiro atoms. The lowest BCUT2D eigenvalue weighted by atomic mass is 10.1. The first-order chi connectivity index (χ1) is 5.35. The minimum atomic E-state index is 0.369. The lowest BCUT2D eigenvalue weighted by molar-refractivity contribution is -0.234. The summed E-state index contributed by atoms with van der Waals surface area (Å²) >= 11 is 0. The van der Waals surface area contributed by atoms with E-state index < -0.39 is 0 Å². The zero-order valence-electron chi connectivity index (χ0n) is 7.47. The number of allylic oxidation sites excluding steroid dienone is 1. The predicted molar refractivity (Wildman–Crippen MR) is 46.5 cm³/mol. The summed E-state index contributed by atoms with van der Waals surface area (Å²) in [7, 11) is 0. The van der Waals surface area contributed by atoms with Crippen LogP contribution < -0.4 is 0 Å². The maximum atomic E-state index is 8.22. The highest BCUT2D eigenvalue weighted by molar-refractivity contribution is 5.01. The fourth-order valence-electron chi connectivity index (χ4n) is 0.986. The Balaban J connectivity index is 3.66. The molecule has 0 heterocycles. The number of hydrogen-bond acceptors (Lipinski definition) is 2. The molecule has 0 aromatic carbocycles. The molecule has 0 rings (SSSR count). The molecule has 1 N–H and O–H groups in total. The third-order valence-corrected chi connectivity index (χ3v) is 1.54. The Bertz CT molecular complexity index is 100. The van der Waals surface area contributed by atoms with Gasteiger partial charge in [0.2, 0.25) is 0 Å². The topological polar surface area (TPSA) is 29.5 Å². The van der Waals surface area contributed by atoms with Gasteiger partial charge in [0.25, 0.3) is 0 Å². The van der Waals surface area contributed by atoms with Gasteiger partial charge >= 0.3 is 0 Å². The van der Waals surface area contributed by atoms with E-state index in [9.17, 15) is 0 Å². The molecule has 2 nitrogen and oxygen atoms in total. The van der Waals surface area contributed by atoms with E-state index in [0.29, 0.717) is 6.61 Å². The number of hydrogen-bond donors (Lipinski definition) is 1. The van der Waals surface area contributed by atoms with Crippen molar-refractivity contribution in [3.8, 4) is 0 Å². The van der Waals surface area contributed by atoms with E-state index in [0.717, 1.165) is 25.7 Å². The van der Waals surface area contributed by atoms with Crippen molar-refractivity contribution in [2.45, 2.75) is 39.5 Å². The van der Waals surface area contributed by atoms with E-state index >= 15 is 0 Å². The van der Waals surface area contributed by atoms with Crippen LogP contribution in [0.4, 0.5) is 0 Å². The van der Waals surface area contributed by atoms with E-state index in [4.69, 9.17) is 5.26 Å². The second-order valence-corrected chi connectivity index (χ2v) is 2.67.